The van der Waals surface area contributed by atoms with Crippen LogP contribution in [-0.2, 0) is 0 Å². The average Bonchev–Trinajstić information content (AvgIpc) is 3.94. The summed E-state index contributed by atoms with van der Waals surface area (Å²) in [4.78, 5) is 12.5. The zero-order valence-electron chi connectivity index (χ0n) is 28.3. The van der Waals surface area contributed by atoms with E-state index >= 15 is 8.78 Å². The van der Waals surface area contributed by atoms with Gasteiger partial charge in [-0.25, -0.2) is 22.0 Å². The Morgan fingerprint density at radius 3 is 2.28 bits per heavy atom. The number of nitrogens with one attached hydrogen (secondary N) is 1. The van der Waals surface area contributed by atoms with Crippen molar-refractivity contribution in [2.75, 3.05) is 44.2 Å². The molecule has 16 heteroatoms. The van der Waals surface area contributed by atoms with Crippen molar-refractivity contribution >= 4 is 39.3 Å². The predicted molar refractivity (Wildman–Crippen MR) is 183 cm³/mol. The third-order valence-electron chi connectivity index (χ3n) is 11.9. The fourth-order valence-electron chi connectivity index (χ4n) is 8.76. The van der Waals surface area contributed by atoms with Crippen LogP contribution in [0.2, 0.25) is 0 Å². The van der Waals surface area contributed by atoms with Gasteiger partial charge in [0.05, 0.1) is 6.61 Å². The lowest BCUT2D eigenvalue weighted by Gasteiger charge is -2.35. The molecule has 282 valence electrons. The van der Waals surface area contributed by atoms with Crippen LogP contribution < -0.4 is 15.0 Å². The maximum Gasteiger partial charge on any atom is 0.446 e. The van der Waals surface area contributed by atoms with E-state index in [2.05, 4.69) is 20.2 Å². The third-order valence-corrected chi connectivity index (χ3v) is 12.7. The first-order valence-corrected chi connectivity index (χ1v) is 18.6. The molecule has 53 heavy (non-hydrogen) atoms. The maximum absolute atomic E-state index is 17.2. The molecule has 3 aromatic carbocycles. The number of piperidine rings is 1. The summed E-state index contributed by atoms with van der Waals surface area (Å²) < 4.78 is 124. The van der Waals surface area contributed by atoms with E-state index < -0.39 is 73.2 Å². The number of rotatable bonds is 8. The highest BCUT2D eigenvalue weighted by Gasteiger charge is 2.70. The van der Waals surface area contributed by atoms with Gasteiger partial charge in [0.1, 0.15) is 17.1 Å². The van der Waals surface area contributed by atoms with Crippen molar-refractivity contribution in [2.24, 2.45) is 10.8 Å². The fraction of sp³-hybridized carbons (Fsp3) is 0.514. The van der Waals surface area contributed by atoms with Crippen LogP contribution in [-0.4, -0.2) is 82.8 Å². The lowest BCUT2D eigenvalue weighted by Crippen LogP contribution is -2.51. The molecule has 5 fully saturated rings. The number of thioether (sulfide) groups is 1. The van der Waals surface area contributed by atoms with Gasteiger partial charge in [0, 0.05) is 75.8 Å². The first-order valence-electron chi connectivity index (χ1n) is 17.8. The highest BCUT2D eigenvalue weighted by Crippen LogP contribution is 2.66. The summed E-state index contributed by atoms with van der Waals surface area (Å²) in [5, 5.41) is 13.5. The highest BCUT2D eigenvalue weighted by molar-refractivity contribution is 8.00. The van der Waals surface area contributed by atoms with Crippen LogP contribution in [0, 0.1) is 28.3 Å². The number of likely N-dealkylation sites (tertiary alicyclic amines) is 1. The van der Waals surface area contributed by atoms with Crippen LogP contribution in [0.25, 0.3) is 32.8 Å². The Bertz CT molecular complexity index is 2130. The summed E-state index contributed by atoms with van der Waals surface area (Å²) in [5.74, 6) is -6.84. The van der Waals surface area contributed by atoms with Gasteiger partial charge in [0.25, 0.3) is 5.92 Å². The molecule has 4 aromatic rings. The van der Waals surface area contributed by atoms with Gasteiger partial charge in [0.2, 0.25) is 0 Å². The summed E-state index contributed by atoms with van der Waals surface area (Å²) in [6.45, 7) is 2.79. The first kappa shape index (κ1) is 35.1. The highest BCUT2D eigenvalue weighted by atomic mass is 32.2. The number of aromatic nitrogens is 2. The molecule has 2 N–H and O–H groups in total. The topological polar surface area (TPSA) is 73.8 Å². The first-order chi connectivity index (χ1) is 25.1. The molecule has 2 saturated carbocycles. The number of piperazine rings is 1. The SMILES string of the molecule is Oc1cc(-c2c(SC(F)(F)F)cc3c(N4CC5CCC(C4)N5)nc(OCC4(CN5CCC6(CC5)CC6(F)F)CC4)nc3c2F)c2c(F)c(F)ccc2c1. The molecule has 0 amide bonds. The Balaban J connectivity index is 1.13. The summed E-state index contributed by atoms with van der Waals surface area (Å²) in [6, 6.07) is 5.07. The molecular formula is C37H35F8N5O2S. The van der Waals surface area contributed by atoms with Crippen molar-refractivity contribution in [1.82, 2.24) is 20.2 Å². The van der Waals surface area contributed by atoms with Crippen LogP contribution in [0.1, 0.15) is 44.9 Å². The molecule has 1 aromatic heterocycles. The zero-order chi connectivity index (χ0) is 37.1. The van der Waals surface area contributed by atoms with Crippen LogP contribution in [0.5, 0.6) is 11.8 Å². The smallest absolute Gasteiger partial charge is 0.446 e. The molecule has 1 spiro atoms. The minimum absolute atomic E-state index is 0.0111. The van der Waals surface area contributed by atoms with Gasteiger partial charge in [-0.1, -0.05) is 6.07 Å². The molecular weight excluding hydrogens is 730 g/mol. The molecule has 5 aliphatic rings. The minimum atomic E-state index is -4.91. The molecule has 2 bridgehead atoms. The number of hydrogen-bond acceptors (Lipinski definition) is 8. The van der Waals surface area contributed by atoms with E-state index in [4.69, 9.17) is 4.74 Å². The van der Waals surface area contributed by atoms with Crippen LogP contribution in [0.3, 0.4) is 0 Å². The Kier molecular flexibility index (Phi) is 8.07. The number of phenols is 1. The van der Waals surface area contributed by atoms with Crippen molar-refractivity contribution in [3.8, 4) is 22.9 Å². The van der Waals surface area contributed by atoms with Crippen molar-refractivity contribution in [1.29, 1.82) is 0 Å². The second-order valence-electron chi connectivity index (χ2n) is 15.6. The summed E-state index contributed by atoms with van der Waals surface area (Å²) >= 11 is -0.611. The van der Waals surface area contributed by atoms with E-state index in [9.17, 15) is 31.4 Å². The zero-order valence-corrected chi connectivity index (χ0v) is 29.1. The molecule has 3 aliphatic heterocycles. The number of benzene rings is 3. The fourth-order valence-corrected chi connectivity index (χ4v) is 9.48. The van der Waals surface area contributed by atoms with E-state index in [1.165, 1.54) is 0 Å². The van der Waals surface area contributed by atoms with E-state index in [1.807, 2.05) is 4.90 Å². The monoisotopic (exact) mass is 765 g/mol. The second-order valence-corrected chi connectivity index (χ2v) is 16.7. The van der Waals surface area contributed by atoms with Gasteiger partial charge >= 0.3 is 11.5 Å². The number of fused-ring (bicyclic) bond motifs is 4. The molecule has 3 saturated heterocycles. The Hall–Kier alpha value is -3.63. The standard InChI is InChI=1S/C37H35F8N5O2S/c38-25-4-1-19-11-22(51)12-23(27(19)29(25)39)28-26(53-37(43,44)45)13-24-31(30(28)40)47-33(48-32(24)50-14-20-2-3-21(15-50)46-20)52-18-34(5-6-34)17-49-9-7-35(8-10-49)16-36(35,41)42/h1,4,11-13,20-21,46,51H,2-3,5-10,14-18H2. The number of nitrogens with zero attached hydrogens (tertiary/aromatic N) is 4. The number of anilines is 1. The van der Waals surface area contributed by atoms with Gasteiger partial charge in [-0.05, 0) is 93.0 Å². The van der Waals surface area contributed by atoms with E-state index in [0.29, 0.717) is 45.6 Å². The number of hydrogen-bond donors (Lipinski definition) is 2. The summed E-state index contributed by atoms with van der Waals surface area (Å²) in [6.07, 6.45) is 4.20. The van der Waals surface area contributed by atoms with Gasteiger partial charge in [-0.3, -0.25) is 0 Å². The van der Waals surface area contributed by atoms with Crippen LogP contribution in [0.4, 0.5) is 40.9 Å². The summed E-state index contributed by atoms with van der Waals surface area (Å²) in [7, 11) is 0. The van der Waals surface area contributed by atoms with Gasteiger partial charge in [-0.15, -0.1) is 0 Å². The van der Waals surface area contributed by atoms with Gasteiger partial charge < -0.3 is 25.0 Å². The third kappa shape index (κ3) is 6.31. The molecule has 4 heterocycles. The lowest BCUT2D eigenvalue weighted by molar-refractivity contribution is -0.0328. The van der Waals surface area contributed by atoms with Gasteiger partial charge in [0.15, 0.2) is 17.5 Å². The Morgan fingerprint density at radius 1 is 0.943 bits per heavy atom. The number of aromatic hydroxyl groups is 1. The lowest BCUT2D eigenvalue weighted by atomic mass is 9.92. The number of phenolic OH excluding ortho intramolecular Hbond substituents is 1. The number of ether oxygens (including phenoxy) is 1. The number of halogens is 8. The van der Waals surface area contributed by atoms with E-state index in [-0.39, 0.29) is 58.6 Å². The van der Waals surface area contributed by atoms with Crippen LogP contribution in [0.15, 0.2) is 35.2 Å². The number of alkyl halides is 5. The average molecular weight is 766 g/mol. The molecule has 9 rings (SSSR count). The van der Waals surface area contributed by atoms with Gasteiger partial charge in [-0.2, -0.15) is 23.1 Å². The second kappa shape index (κ2) is 12.2. The van der Waals surface area contributed by atoms with Crippen molar-refractivity contribution in [2.45, 2.75) is 73.4 Å². The van der Waals surface area contributed by atoms with E-state index in [0.717, 1.165) is 56.0 Å². The molecule has 0 radical (unpaired) electrons. The van der Waals surface area contributed by atoms with Crippen molar-refractivity contribution in [3.63, 3.8) is 0 Å². The largest absolute Gasteiger partial charge is 0.508 e. The molecule has 2 unspecified atom stereocenters. The normalized spacial score (nSPS) is 24.3. The van der Waals surface area contributed by atoms with Crippen molar-refractivity contribution < 1.29 is 45.0 Å². The minimum Gasteiger partial charge on any atom is -0.508 e. The molecule has 2 atom stereocenters. The Morgan fingerprint density at radius 2 is 1.64 bits per heavy atom. The Labute approximate surface area is 303 Å². The van der Waals surface area contributed by atoms with E-state index in [1.54, 1.807) is 0 Å². The maximum atomic E-state index is 17.2. The summed E-state index contributed by atoms with van der Waals surface area (Å²) in [5.41, 5.74) is -7.62. The molecule has 2 aliphatic carbocycles. The quantitative estimate of drug-likeness (QED) is 0.137. The predicted octanol–water partition coefficient (Wildman–Crippen LogP) is 8.41. The van der Waals surface area contributed by atoms with Crippen molar-refractivity contribution in [3.05, 3.63) is 47.8 Å². The van der Waals surface area contributed by atoms with Crippen LogP contribution >= 0.6 is 11.8 Å². The molecule has 7 nitrogen and oxygen atoms in total.